The summed E-state index contributed by atoms with van der Waals surface area (Å²) in [6.45, 7) is 3.50. The highest BCUT2D eigenvalue weighted by molar-refractivity contribution is 5.80. The molecule has 0 aromatic carbocycles. The first-order valence-corrected chi connectivity index (χ1v) is 19.8. The molecule has 292 valence electrons. The Morgan fingerprint density at radius 2 is 1.18 bits per heavy atom. The molecule has 0 spiro atoms. The molecule has 0 aromatic rings. The lowest BCUT2D eigenvalue weighted by Gasteiger charge is -2.40. The van der Waals surface area contributed by atoms with Crippen molar-refractivity contribution < 1.29 is 44.9 Å². The van der Waals surface area contributed by atoms with Crippen LogP contribution in [0.25, 0.3) is 0 Å². The van der Waals surface area contributed by atoms with Crippen LogP contribution in [0, 0.1) is 0 Å². The summed E-state index contributed by atoms with van der Waals surface area (Å²) < 4.78 is 11.1. The van der Waals surface area contributed by atoms with E-state index in [0.717, 1.165) is 44.9 Å². The summed E-state index contributed by atoms with van der Waals surface area (Å²) in [4.78, 5) is 12.9. The Bertz CT molecular complexity index is 896. The lowest BCUT2D eigenvalue weighted by atomic mass is 9.99. The molecule has 1 fully saturated rings. The highest BCUT2D eigenvalue weighted by Gasteiger charge is 2.44. The minimum absolute atomic E-state index is 0.300. The number of rotatable bonds is 31. The quantitative estimate of drug-likeness (QED) is 0.0342. The van der Waals surface area contributed by atoms with Gasteiger partial charge >= 0.3 is 0 Å². The summed E-state index contributed by atoms with van der Waals surface area (Å²) in [7, 11) is 0. The van der Waals surface area contributed by atoms with E-state index in [1.165, 1.54) is 70.6 Å². The van der Waals surface area contributed by atoms with Crippen molar-refractivity contribution in [1.29, 1.82) is 0 Å². The Balaban J connectivity index is 2.54. The summed E-state index contributed by atoms with van der Waals surface area (Å²) in [6.07, 6.45) is 25.4. The van der Waals surface area contributed by atoms with Crippen molar-refractivity contribution >= 4 is 5.91 Å². The van der Waals surface area contributed by atoms with Gasteiger partial charge in [-0.2, -0.15) is 0 Å². The topological polar surface area (TPSA) is 169 Å². The molecule has 50 heavy (non-hydrogen) atoms. The molecule has 8 atom stereocenters. The number of aliphatic hydroxyl groups excluding tert-OH is 6. The van der Waals surface area contributed by atoms with Gasteiger partial charge < -0.3 is 45.4 Å². The second kappa shape index (κ2) is 30.9. The minimum atomic E-state index is -1.61. The fourth-order valence-electron chi connectivity index (χ4n) is 5.96. The van der Waals surface area contributed by atoms with Gasteiger partial charge in [-0.3, -0.25) is 4.79 Å². The molecule has 1 amide bonds. The lowest BCUT2D eigenvalue weighted by molar-refractivity contribution is -0.302. The number of allylic oxidation sites excluding steroid dienone is 5. The second-order valence-electron chi connectivity index (χ2n) is 13.9. The van der Waals surface area contributed by atoms with E-state index in [-0.39, 0.29) is 6.61 Å². The molecule has 1 heterocycles. The minimum Gasteiger partial charge on any atom is -0.394 e. The molecule has 8 unspecified atom stereocenters. The molecular formula is C40H73NO9. The SMILES string of the molecule is CCCCCCCCC/C=C/CC/C=C/CC/C=C/C(O)C(COC1OC(CO)C(O)C(O)C1O)NC(=O)C(O)CCCCCCCCCC. The summed E-state index contributed by atoms with van der Waals surface area (Å²) in [6, 6.07) is -0.997. The molecule has 0 aromatic heterocycles. The van der Waals surface area contributed by atoms with Gasteiger partial charge in [0.05, 0.1) is 25.4 Å². The first-order valence-electron chi connectivity index (χ1n) is 19.8. The fraction of sp³-hybridized carbons (Fsp3) is 0.825. The first-order chi connectivity index (χ1) is 24.3. The third-order valence-corrected chi connectivity index (χ3v) is 9.30. The molecule has 0 aliphatic carbocycles. The molecule has 0 radical (unpaired) electrons. The van der Waals surface area contributed by atoms with Crippen molar-refractivity contribution in [3.8, 4) is 0 Å². The van der Waals surface area contributed by atoms with E-state index in [1.807, 2.05) is 6.08 Å². The largest absolute Gasteiger partial charge is 0.394 e. The van der Waals surface area contributed by atoms with E-state index in [4.69, 9.17) is 9.47 Å². The molecule has 1 aliphatic rings. The number of unbranched alkanes of at least 4 members (excludes halogenated alkanes) is 16. The Morgan fingerprint density at radius 3 is 1.74 bits per heavy atom. The van der Waals surface area contributed by atoms with Crippen molar-refractivity contribution in [1.82, 2.24) is 5.32 Å². The van der Waals surface area contributed by atoms with Crippen molar-refractivity contribution in [3.05, 3.63) is 36.5 Å². The van der Waals surface area contributed by atoms with Gasteiger partial charge in [-0.15, -0.1) is 0 Å². The zero-order valence-electron chi connectivity index (χ0n) is 31.3. The maximum atomic E-state index is 12.9. The predicted molar refractivity (Wildman–Crippen MR) is 199 cm³/mol. The van der Waals surface area contributed by atoms with Gasteiger partial charge in [0, 0.05) is 0 Å². The highest BCUT2D eigenvalue weighted by atomic mass is 16.7. The smallest absolute Gasteiger partial charge is 0.249 e. The van der Waals surface area contributed by atoms with Crippen molar-refractivity contribution in [2.75, 3.05) is 13.2 Å². The van der Waals surface area contributed by atoms with E-state index >= 15 is 0 Å². The Kier molecular flexibility index (Phi) is 28.7. The van der Waals surface area contributed by atoms with Crippen LogP contribution < -0.4 is 5.32 Å². The van der Waals surface area contributed by atoms with Crippen LogP contribution in [0.15, 0.2) is 36.5 Å². The number of hydrogen-bond donors (Lipinski definition) is 7. The van der Waals surface area contributed by atoms with Crippen LogP contribution in [0.1, 0.15) is 149 Å². The third kappa shape index (κ3) is 21.7. The molecule has 1 rings (SSSR count). The van der Waals surface area contributed by atoms with Gasteiger partial charge in [-0.05, 0) is 44.9 Å². The van der Waals surface area contributed by atoms with E-state index < -0.39 is 61.5 Å². The molecule has 10 nitrogen and oxygen atoms in total. The Labute approximate surface area is 303 Å². The average molecular weight is 712 g/mol. The highest BCUT2D eigenvalue weighted by Crippen LogP contribution is 2.22. The van der Waals surface area contributed by atoms with E-state index in [0.29, 0.717) is 19.3 Å². The summed E-state index contributed by atoms with van der Waals surface area (Å²) in [5, 5.41) is 64.2. The van der Waals surface area contributed by atoms with Crippen molar-refractivity contribution in [2.45, 2.75) is 198 Å². The monoisotopic (exact) mass is 712 g/mol. The fourth-order valence-corrected chi connectivity index (χ4v) is 5.96. The molecular weight excluding hydrogens is 638 g/mol. The van der Waals surface area contributed by atoms with E-state index in [1.54, 1.807) is 6.08 Å². The maximum absolute atomic E-state index is 12.9. The van der Waals surface area contributed by atoms with Gasteiger partial charge in [0.2, 0.25) is 5.91 Å². The van der Waals surface area contributed by atoms with Crippen LogP contribution in [0.3, 0.4) is 0 Å². The zero-order chi connectivity index (χ0) is 36.8. The number of ether oxygens (including phenoxy) is 2. The molecule has 10 heteroatoms. The molecule has 1 aliphatic heterocycles. The third-order valence-electron chi connectivity index (χ3n) is 9.30. The summed E-state index contributed by atoms with van der Waals surface area (Å²) in [5.74, 6) is -0.637. The van der Waals surface area contributed by atoms with Crippen LogP contribution in [0.4, 0.5) is 0 Å². The second-order valence-corrected chi connectivity index (χ2v) is 13.9. The van der Waals surface area contributed by atoms with Crippen LogP contribution in [0.5, 0.6) is 0 Å². The number of nitrogens with one attached hydrogen (secondary N) is 1. The first kappa shape index (κ1) is 46.4. The summed E-state index contributed by atoms with van der Waals surface area (Å²) >= 11 is 0. The van der Waals surface area contributed by atoms with Crippen molar-refractivity contribution in [2.24, 2.45) is 0 Å². The standard InChI is InChI=1S/C40H73NO9/c1-3-5-7-9-11-13-14-15-16-17-18-19-20-21-23-24-26-28-33(43)32(31-49-40-38(47)37(46)36(45)35(30-42)50-40)41-39(48)34(44)29-27-25-22-12-10-8-6-4-2/h16-17,20-21,26,28,32-38,40,42-47H,3-15,18-19,22-25,27,29-31H2,1-2H3,(H,41,48)/b17-16+,21-20+,28-26+. The number of amides is 1. The maximum Gasteiger partial charge on any atom is 0.249 e. The van der Waals surface area contributed by atoms with Crippen LogP contribution in [0.2, 0.25) is 0 Å². The number of hydrogen-bond acceptors (Lipinski definition) is 9. The van der Waals surface area contributed by atoms with Crippen molar-refractivity contribution in [3.63, 3.8) is 0 Å². The Hall–Kier alpha value is -1.63. The number of aliphatic hydroxyl groups is 6. The molecule has 1 saturated heterocycles. The van der Waals surface area contributed by atoms with Gasteiger partial charge in [0.1, 0.15) is 30.5 Å². The molecule has 7 N–H and O–H groups in total. The molecule has 0 bridgehead atoms. The van der Waals surface area contributed by atoms with Crippen LogP contribution in [-0.4, -0.2) is 98.7 Å². The van der Waals surface area contributed by atoms with Crippen LogP contribution in [-0.2, 0) is 14.3 Å². The van der Waals surface area contributed by atoms with E-state index in [2.05, 4.69) is 43.5 Å². The van der Waals surface area contributed by atoms with Gasteiger partial charge in [0.15, 0.2) is 6.29 Å². The predicted octanol–water partition coefficient (Wildman–Crippen LogP) is 5.91. The normalized spacial score (nSPS) is 23.2. The van der Waals surface area contributed by atoms with Crippen LogP contribution >= 0.6 is 0 Å². The van der Waals surface area contributed by atoms with E-state index in [9.17, 15) is 35.4 Å². The molecule has 0 saturated carbocycles. The number of carbonyl (C=O) groups excluding carboxylic acids is 1. The van der Waals surface area contributed by atoms with Gasteiger partial charge in [0.25, 0.3) is 0 Å². The van der Waals surface area contributed by atoms with Gasteiger partial charge in [-0.25, -0.2) is 0 Å². The number of carbonyl (C=O) groups is 1. The lowest BCUT2D eigenvalue weighted by Crippen LogP contribution is -2.60. The average Bonchev–Trinajstić information content (AvgIpc) is 3.11. The zero-order valence-corrected chi connectivity index (χ0v) is 31.3. The Morgan fingerprint density at radius 1 is 0.680 bits per heavy atom. The van der Waals surface area contributed by atoms with Gasteiger partial charge in [-0.1, -0.05) is 140 Å². The summed E-state index contributed by atoms with van der Waals surface area (Å²) in [5.41, 5.74) is 0.